The molecule has 0 unspecified atom stereocenters. The van der Waals surface area contributed by atoms with Crippen LogP contribution in [0.3, 0.4) is 0 Å². The highest BCUT2D eigenvalue weighted by Crippen LogP contribution is 2.25. The molecule has 112 valence electrons. The number of benzene rings is 2. The molecule has 0 aliphatic heterocycles. The third-order valence-electron chi connectivity index (χ3n) is 2.94. The van der Waals surface area contributed by atoms with Crippen molar-refractivity contribution in [2.75, 3.05) is 4.72 Å². The second-order valence-electron chi connectivity index (χ2n) is 4.48. The number of aliphatic hydroxyl groups is 1. The van der Waals surface area contributed by atoms with Crippen molar-refractivity contribution in [3.8, 4) is 0 Å². The van der Waals surface area contributed by atoms with Gasteiger partial charge in [0.05, 0.1) is 17.2 Å². The van der Waals surface area contributed by atoms with Crippen LogP contribution in [0.2, 0.25) is 5.02 Å². The molecule has 0 saturated heterocycles. The topological polar surface area (TPSA) is 66.4 Å². The lowest BCUT2D eigenvalue weighted by Gasteiger charge is -2.12. The monoisotopic (exact) mass is 389 g/mol. The molecule has 0 aromatic heterocycles. The Morgan fingerprint density at radius 3 is 2.52 bits per heavy atom. The first kappa shape index (κ1) is 16.3. The van der Waals surface area contributed by atoms with Crippen LogP contribution in [0.1, 0.15) is 11.1 Å². The van der Waals surface area contributed by atoms with Gasteiger partial charge in [0.15, 0.2) is 0 Å². The highest BCUT2D eigenvalue weighted by Gasteiger charge is 2.16. The van der Waals surface area contributed by atoms with Gasteiger partial charge in [-0.05, 0) is 48.4 Å². The van der Waals surface area contributed by atoms with Crippen LogP contribution in [-0.2, 0) is 16.6 Å². The number of rotatable bonds is 4. The van der Waals surface area contributed by atoms with Crippen molar-refractivity contribution in [2.45, 2.75) is 18.4 Å². The Morgan fingerprint density at radius 2 is 1.95 bits per heavy atom. The summed E-state index contributed by atoms with van der Waals surface area (Å²) in [5, 5.41) is 9.27. The molecular weight excluding hydrogens is 378 g/mol. The molecule has 2 aromatic carbocycles. The highest BCUT2D eigenvalue weighted by molar-refractivity contribution is 9.10. The zero-order chi connectivity index (χ0) is 15.6. The van der Waals surface area contributed by atoms with E-state index in [-0.39, 0.29) is 16.5 Å². The summed E-state index contributed by atoms with van der Waals surface area (Å²) in [5.41, 5.74) is 1.78. The Bertz CT molecular complexity index is 778. The van der Waals surface area contributed by atoms with Crippen molar-refractivity contribution in [3.05, 3.63) is 57.0 Å². The standard InChI is InChI=1S/C14H13BrClNO3S/c1-9-6-11(15)3-5-14(9)17-21(19,20)12-4-2-10(8-18)13(16)7-12/h2-7,17-18H,8H2,1H3. The molecule has 0 amide bonds. The predicted molar refractivity (Wildman–Crippen MR) is 87.1 cm³/mol. The lowest BCUT2D eigenvalue weighted by atomic mass is 10.2. The van der Waals surface area contributed by atoms with E-state index >= 15 is 0 Å². The summed E-state index contributed by atoms with van der Waals surface area (Å²) < 4.78 is 28.1. The van der Waals surface area contributed by atoms with Crippen molar-refractivity contribution in [2.24, 2.45) is 0 Å². The molecule has 0 aliphatic rings. The van der Waals surface area contributed by atoms with E-state index in [2.05, 4.69) is 20.7 Å². The van der Waals surface area contributed by atoms with Crippen LogP contribution >= 0.6 is 27.5 Å². The number of sulfonamides is 1. The van der Waals surface area contributed by atoms with Gasteiger partial charge in [-0.2, -0.15) is 0 Å². The normalized spacial score (nSPS) is 11.4. The summed E-state index contributed by atoms with van der Waals surface area (Å²) in [6, 6.07) is 9.48. The van der Waals surface area contributed by atoms with E-state index < -0.39 is 10.0 Å². The molecule has 0 saturated carbocycles. The average Bonchev–Trinajstić information content (AvgIpc) is 2.42. The van der Waals surface area contributed by atoms with E-state index in [1.54, 1.807) is 12.1 Å². The minimum absolute atomic E-state index is 0.0482. The Kier molecular flexibility index (Phi) is 4.93. The Labute approximate surface area is 136 Å². The van der Waals surface area contributed by atoms with E-state index in [9.17, 15) is 8.42 Å². The molecule has 2 aromatic rings. The van der Waals surface area contributed by atoms with Crippen molar-refractivity contribution < 1.29 is 13.5 Å². The third-order valence-corrected chi connectivity index (χ3v) is 5.15. The number of hydrogen-bond acceptors (Lipinski definition) is 3. The number of aryl methyl sites for hydroxylation is 1. The van der Waals surface area contributed by atoms with Crippen molar-refractivity contribution >= 4 is 43.2 Å². The summed E-state index contributed by atoms with van der Waals surface area (Å²) in [7, 11) is -3.73. The molecule has 0 fully saturated rings. The quantitative estimate of drug-likeness (QED) is 0.836. The number of anilines is 1. The molecule has 2 rings (SSSR count). The Hall–Kier alpha value is -1.08. The van der Waals surface area contributed by atoms with Crippen LogP contribution in [0.15, 0.2) is 45.8 Å². The number of nitrogens with one attached hydrogen (secondary N) is 1. The summed E-state index contributed by atoms with van der Waals surface area (Å²) in [6.45, 7) is 1.57. The molecule has 0 radical (unpaired) electrons. The highest BCUT2D eigenvalue weighted by atomic mass is 79.9. The SMILES string of the molecule is Cc1cc(Br)ccc1NS(=O)(=O)c1ccc(CO)c(Cl)c1. The predicted octanol–water partition coefficient (Wildman–Crippen LogP) is 3.70. The van der Waals surface area contributed by atoms with Gasteiger partial charge >= 0.3 is 0 Å². The van der Waals surface area contributed by atoms with E-state index in [1.807, 2.05) is 13.0 Å². The van der Waals surface area contributed by atoms with E-state index in [0.717, 1.165) is 10.0 Å². The van der Waals surface area contributed by atoms with E-state index in [4.69, 9.17) is 16.7 Å². The lowest BCUT2D eigenvalue weighted by molar-refractivity contribution is 0.282. The van der Waals surface area contributed by atoms with Gasteiger partial charge in [0.25, 0.3) is 10.0 Å². The van der Waals surface area contributed by atoms with Crippen LogP contribution in [0.4, 0.5) is 5.69 Å². The Balaban J connectivity index is 2.36. The van der Waals surface area contributed by atoms with Crippen molar-refractivity contribution in [3.63, 3.8) is 0 Å². The van der Waals surface area contributed by atoms with Gasteiger partial charge in [-0.1, -0.05) is 33.6 Å². The lowest BCUT2D eigenvalue weighted by Crippen LogP contribution is -2.14. The van der Waals surface area contributed by atoms with Crippen molar-refractivity contribution in [1.82, 2.24) is 0 Å². The first-order valence-electron chi connectivity index (χ1n) is 6.02. The summed E-state index contributed by atoms with van der Waals surface area (Å²) in [4.78, 5) is 0.0482. The molecular formula is C14H13BrClNO3S. The largest absolute Gasteiger partial charge is 0.392 e. The van der Waals surface area contributed by atoms with Gasteiger partial charge < -0.3 is 5.11 Å². The number of hydrogen-bond donors (Lipinski definition) is 2. The second-order valence-corrected chi connectivity index (χ2v) is 7.48. The molecule has 7 heteroatoms. The number of aliphatic hydroxyl groups excluding tert-OH is 1. The second kappa shape index (κ2) is 6.36. The third kappa shape index (κ3) is 3.77. The fourth-order valence-corrected chi connectivity index (χ4v) is 3.71. The van der Waals surface area contributed by atoms with Gasteiger partial charge in [-0.25, -0.2) is 8.42 Å². The average molecular weight is 391 g/mol. The first-order valence-corrected chi connectivity index (χ1v) is 8.67. The van der Waals surface area contributed by atoms with Gasteiger partial charge in [0, 0.05) is 9.50 Å². The zero-order valence-corrected chi connectivity index (χ0v) is 14.3. The Morgan fingerprint density at radius 1 is 1.24 bits per heavy atom. The van der Waals surface area contributed by atoms with Crippen molar-refractivity contribution in [1.29, 1.82) is 0 Å². The fraction of sp³-hybridized carbons (Fsp3) is 0.143. The molecule has 0 heterocycles. The van der Waals surface area contributed by atoms with Crippen LogP contribution in [0, 0.1) is 6.92 Å². The molecule has 0 bridgehead atoms. The molecule has 21 heavy (non-hydrogen) atoms. The molecule has 4 nitrogen and oxygen atoms in total. The molecule has 0 atom stereocenters. The first-order chi connectivity index (χ1) is 9.83. The van der Waals surface area contributed by atoms with Crippen LogP contribution in [0.25, 0.3) is 0 Å². The fourth-order valence-electron chi connectivity index (χ4n) is 1.77. The van der Waals surface area contributed by atoms with Gasteiger partial charge in [-0.3, -0.25) is 4.72 Å². The smallest absolute Gasteiger partial charge is 0.261 e. The summed E-state index contributed by atoms with van der Waals surface area (Å²) in [5.74, 6) is 0. The minimum Gasteiger partial charge on any atom is -0.392 e. The molecule has 0 spiro atoms. The number of halogens is 2. The van der Waals surface area contributed by atoms with Crippen LogP contribution in [0.5, 0.6) is 0 Å². The summed E-state index contributed by atoms with van der Waals surface area (Å²) in [6.07, 6.45) is 0. The van der Waals surface area contributed by atoms with E-state index in [0.29, 0.717) is 11.3 Å². The maximum atomic E-state index is 12.3. The molecule has 0 aliphatic carbocycles. The maximum absolute atomic E-state index is 12.3. The summed E-state index contributed by atoms with van der Waals surface area (Å²) >= 11 is 9.26. The molecule has 2 N–H and O–H groups in total. The maximum Gasteiger partial charge on any atom is 0.261 e. The van der Waals surface area contributed by atoms with Crippen LogP contribution in [-0.4, -0.2) is 13.5 Å². The van der Waals surface area contributed by atoms with Gasteiger partial charge in [0.1, 0.15) is 0 Å². The van der Waals surface area contributed by atoms with E-state index in [1.165, 1.54) is 18.2 Å². The zero-order valence-electron chi connectivity index (χ0n) is 11.1. The van der Waals surface area contributed by atoms with Crippen LogP contribution < -0.4 is 4.72 Å². The van der Waals surface area contributed by atoms with Gasteiger partial charge in [0.2, 0.25) is 0 Å². The van der Waals surface area contributed by atoms with Gasteiger partial charge in [-0.15, -0.1) is 0 Å². The minimum atomic E-state index is -3.73.